The van der Waals surface area contributed by atoms with E-state index in [0.29, 0.717) is 0 Å². The molecule has 0 amide bonds. The molecule has 1 aromatic carbocycles. The Morgan fingerprint density at radius 3 is 2.60 bits per heavy atom. The SMILES string of the molecule is CCN(CC)Cc1ccccc1NCc1cc(Br)cs1. The second-order valence-electron chi connectivity index (χ2n) is 4.70. The lowest BCUT2D eigenvalue weighted by Crippen LogP contribution is -2.22. The van der Waals surface area contributed by atoms with Gasteiger partial charge in [0.05, 0.1) is 0 Å². The summed E-state index contributed by atoms with van der Waals surface area (Å²) in [6, 6.07) is 10.8. The van der Waals surface area contributed by atoms with Crippen LogP contribution in [-0.4, -0.2) is 18.0 Å². The standard InChI is InChI=1S/C16H21BrN2S/c1-3-19(4-2)11-13-7-5-6-8-16(13)18-10-15-9-14(17)12-20-15/h5-9,12,18H,3-4,10-11H2,1-2H3. The summed E-state index contributed by atoms with van der Waals surface area (Å²) >= 11 is 5.28. The molecule has 0 radical (unpaired) electrons. The van der Waals surface area contributed by atoms with E-state index in [1.54, 1.807) is 11.3 Å². The van der Waals surface area contributed by atoms with Crippen molar-refractivity contribution in [2.45, 2.75) is 26.9 Å². The predicted molar refractivity (Wildman–Crippen MR) is 92.4 cm³/mol. The summed E-state index contributed by atoms with van der Waals surface area (Å²) in [5.74, 6) is 0. The van der Waals surface area contributed by atoms with Crippen LogP contribution in [0.15, 0.2) is 40.2 Å². The van der Waals surface area contributed by atoms with Crippen LogP contribution in [0.1, 0.15) is 24.3 Å². The number of anilines is 1. The number of hydrogen-bond acceptors (Lipinski definition) is 3. The van der Waals surface area contributed by atoms with Crippen molar-refractivity contribution in [2.75, 3.05) is 18.4 Å². The van der Waals surface area contributed by atoms with Gasteiger partial charge in [-0.2, -0.15) is 0 Å². The zero-order valence-corrected chi connectivity index (χ0v) is 14.4. The third-order valence-corrected chi connectivity index (χ3v) is 5.08. The number of nitrogens with one attached hydrogen (secondary N) is 1. The lowest BCUT2D eigenvalue weighted by atomic mass is 10.1. The van der Waals surface area contributed by atoms with Crippen LogP contribution in [-0.2, 0) is 13.1 Å². The van der Waals surface area contributed by atoms with E-state index in [1.165, 1.54) is 16.1 Å². The van der Waals surface area contributed by atoms with Crippen LogP contribution in [0.5, 0.6) is 0 Å². The Morgan fingerprint density at radius 2 is 1.95 bits per heavy atom. The Morgan fingerprint density at radius 1 is 1.20 bits per heavy atom. The van der Waals surface area contributed by atoms with Crippen molar-refractivity contribution in [3.63, 3.8) is 0 Å². The molecule has 4 heteroatoms. The first-order chi connectivity index (χ1) is 9.72. The largest absolute Gasteiger partial charge is 0.380 e. The average molecular weight is 353 g/mol. The Bertz CT molecular complexity index is 535. The van der Waals surface area contributed by atoms with Gasteiger partial charge in [0, 0.05) is 33.5 Å². The molecule has 0 aliphatic carbocycles. The summed E-state index contributed by atoms with van der Waals surface area (Å²) in [5.41, 5.74) is 2.61. The normalized spacial score (nSPS) is 11.0. The molecule has 1 heterocycles. The lowest BCUT2D eigenvalue weighted by Gasteiger charge is -2.20. The minimum absolute atomic E-state index is 0.880. The summed E-state index contributed by atoms with van der Waals surface area (Å²) < 4.78 is 1.16. The molecule has 0 spiro atoms. The molecule has 0 saturated heterocycles. The fourth-order valence-electron chi connectivity index (χ4n) is 2.15. The Kier molecular flexibility index (Phi) is 6.07. The highest BCUT2D eigenvalue weighted by atomic mass is 79.9. The molecule has 108 valence electrons. The molecule has 1 aromatic heterocycles. The molecule has 2 nitrogen and oxygen atoms in total. The first-order valence-corrected chi connectivity index (χ1v) is 8.67. The van der Waals surface area contributed by atoms with E-state index in [4.69, 9.17) is 0 Å². The number of nitrogens with zero attached hydrogens (tertiary/aromatic N) is 1. The van der Waals surface area contributed by atoms with Gasteiger partial charge in [-0.1, -0.05) is 32.0 Å². The van der Waals surface area contributed by atoms with Gasteiger partial charge in [0.15, 0.2) is 0 Å². The summed E-state index contributed by atoms with van der Waals surface area (Å²) in [6.45, 7) is 8.48. The van der Waals surface area contributed by atoms with Gasteiger partial charge in [-0.25, -0.2) is 0 Å². The summed E-state index contributed by atoms with van der Waals surface area (Å²) in [6.07, 6.45) is 0. The molecular weight excluding hydrogens is 332 g/mol. The van der Waals surface area contributed by atoms with E-state index in [9.17, 15) is 0 Å². The minimum Gasteiger partial charge on any atom is -0.380 e. The summed E-state index contributed by atoms with van der Waals surface area (Å²) in [5, 5.41) is 5.68. The molecule has 0 atom stereocenters. The second-order valence-corrected chi connectivity index (χ2v) is 6.61. The quantitative estimate of drug-likeness (QED) is 0.756. The van der Waals surface area contributed by atoms with Gasteiger partial charge >= 0.3 is 0 Å². The molecule has 20 heavy (non-hydrogen) atoms. The van der Waals surface area contributed by atoms with E-state index in [0.717, 1.165) is 30.7 Å². The maximum absolute atomic E-state index is 3.56. The lowest BCUT2D eigenvalue weighted by molar-refractivity contribution is 0.296. The third-order valence-electron chi connectivity index (χ3n) is 3.38. The van der Waals surface area contributed by atoms with Crippen LogP contribution in [0.2, 0.25) is 0 Å². The van der Waals surface area contributed by atoms with Gasteiger partial charge in [0.1, 0.15) is 0 Å². The number of hydrogen-bond donors (Lipinski definition) is 1. The van der Waals surface area contributed by atoms with Crippen LogP contribution < -0.4 is 5.32 Å². The molecule has 0 bridgehead atoms. The fraction of sp³-hybridized carbons (Fsp3) is 0.375. The summed E-state index contributed by atoms with van der Waals surface area (Å²) in [7, 11) is 0. The van der Waals surface area contributed by atoms with Gasteiger partial charge in [-0.05, 0) is 46.7 Å². The van der Waals surface area contributed by atoms with Gasteiger partial charge in [0.25, 0.3) is 0 Å². The number of thiophene rings is 1. The van der Waals surface area contributed by atoms with Gasteiger partial charge in [0.2, 0.25) is 0 Å². The van der Waals surface area contributed by atoms with Crippen molar-refractivity contribution in [1.29, 1.82) is 0 Å². The molecule has 2 rings (SSSR count). The van der Waals surface area contributed by atoms with Crippen molar-refractivity contribution in [1.82, 2.24) is 4.90 Å². The first kappa shape index (κ1) is 15.5. The minimum atomic E-state index is 0.880. The maximum Gasteiger partial charge on any atom is 0.0494 e. The predicted octanol–water partition coefficient (Wildman–Crippen LogP) is 4.96. The van der Waals surface area contributed by atoms with Crippen molar-refractivity contribution in [2.24, 2.45) is 0 Å². The van der Waals surface area contributed by atoms with E-state index >= 15 is 0 Å². The highest BCUT2D eigenvalue weighted by Gasteiger charge is 2.06. The zero-order valence-electron chi connectivity index (χ0n) is 12.0. The van der Waals surface area contributed by atoms with Gasteiger partial charge in [-0.3, -0.25) is 4.90 Å². The smallest absolute Gasteiger partial charge is 0.0494 e. The van der Waals surface area contributed by atoms with E-state index in [-0.39, 0.29) is 0 Å². The Balaban J connectivity index is 2.03. The van der Waals surface area contributed by atoms with E-state index in [1.807, 2.05) is 0 Å². The molecule has 0 aliphatic rings. The average Bonchev–Trinajstić information content (AvgIpc) is 2.89. The molecule has 0 saturated carbocycles. The Hall–Kier alpha value is -0.840. The Labute approximate surface area is 133 Å². The topological polar surface area (TPSA) is 15.3 Å². The number of halogens is 1. The molecule has 1 N–H and O–H groups in total. The van der Waals surface area contributed by atoms with E-state index in [2.05, 4.69) is 75.7 Å². The number of rotatable bonds is 7. The third kappa shape index (κ3) is 4.33. The molecular formula is C16H21BrN2S. The van der Waals surface area contributed by atoms with E-state index < -0.39 is 0 Å². The second kappa shape index (κ2) is 7.81. The van der Waals surface area contributed by atoms with Crippen LogP contribution in [0.4, 0.5) is 5.69 Å². The maximum atomic E-state index is 3.56. The fourth-order valence-corrected chi connectivity index (χ4v) is 3.54. The highest BCUT2D eigenvalue weighted by Crippen LogP contribution is 2.22. The molecule has 0 unspecified atom stereocenters. The number of para-hydroxylation sites is 1. The summed E-state index contributed by atoms with van der Waals surface area (Å²) in [4.78, 5) is 3.77. The molecule has 0 aliphatic heterocycles. The molecule has 0 fully saturated rings. The zero-order chi connectivity index (χ0) is 14.4. The monoisotopic (exact) mass is 352 g/mol. The van der Waals surface area contributed by atoms with Crippen LogP contribution in [0.25, 0.3) is 0 Å². The first-order valence-electron chi connectivity index (χ1n) is 7.00. The van der Waals surface area contributed by atoms with Crippen molar-refractivity contribution < 1.29 is 0 Å². The van der Waals surface area contributed by atoms with Crippen LogP contribution in [0.3, 0.4) is 0 Å². The highest BCUT2D eigenvalue weighted by molar-refractivity contribution is 9.10. The van der Waals surface area contributed by atoms with Crippen LogP contribution in [0, 0.1) is 0 Å². The van der Waals surface area contributed by atoms with Gasteiger partial charge in [-0.15, -0.1) is 11.3 Å². The number of benzene rings is 1. The van der Waals surface area contributed by atoms with Crippen molar-refractivity contribution >= 4 is 33.0 Å². The molecule has 2 aromatic rings. The van der Waals surface area contributed by atoms with Crippen molar-refractivity contribution in [3.05, 3.63) is 50.6 Å². The van der Waals surface area contributed by atoms with Crippen LogP contribution >= 0.6 is 27.3 Å². The van der Waals surface area contributed by atoms with Gasteiger partial charge < -0.3 is 5.32 Å². The van der Waals surface area contributed by atoms with Crippen molar-refractivity contribution in [3.8, 4) is 0 Å².